The molecule has 0 amide bonds. The van der Waals surface area contributed by atoms with Gasteiger partial charge in [-0.25, -0.2) is 0 Å². The van der Waals surface area contributed by atoms with Gasteiger partial charge >= 0.3 is 5.97 Å². The summed E-state index contributed by atoms with van der Waals surface area (Å²) in [6, 6.07) is 1.50. The molecule has 20 heavy (non-hydrogen) atoms. The fourth-order valence-corrected chi connectivity index (χ4v) is 3.23. The first-order chi connectivity index (χ1) is 9.11. The molecule has 3 N–H and O–H groups in total. The predicted molar refractivity (Wildman–Crippen MR) is 84.4 cm³/mol. The number of hydrogen-bond donors (Lipinski definition) is 2. The lowest BCUT2D eigenvalue weighted by Gasteiger charge is -2.27. The fraction of sp³-hybridized carbons (Fsp3) is 0.462. The molecular weight excluding hydrogens is 344 g/mol. The van der Waals surface area contributed by atoms with E-state index in [1.54, 1.807) is 0 Å². The Bertz CT molecular complexity index is 532. The molecule has 1 aromatic carbocycles. The highest BCUT2D eigenvalue weighted by Crippen LogP contribution is 2.43. The number of halogens is 4. The molecule has 1 aromatic rings. The van der Waals surface area contributed by atoms with E-state index in [1.165, 1.54) is 13.0 Å². The minimum Gasteiger partial charge on any atom is -0.480 e. The van der Waals surface area contributed by atoms with Gasteiger partial charge in [-0.15, -0.1) is 0 Å². The summed E-state index contributed by atoms with van der Waals surface area (Å²) in [4.78, 5) is 11.2. The van der Waals surface area contributed by atoms with Crippen LogP contribution in [0.3, 0.4) is 0 Å². The third kappa shape index (κ3) is 3.71. The van der Waals surface area contributed by atoms with Gasteiger partial charge in [0.1, 0.15) is 5.54 Å². The number of carboxylic acids is 1. The van der Waals surface area contributed by atoms with Crippen LogP contribution in [0.2, 0.25) is 20.1 Å². The molecule has 2 atom stereocenters. The maximum atomic E-state index is 11.2. The van der Waals surface area contributed by atoms with Gasteiger partial charge in [-0.3, -0.25) is 4.79 Å². The van der Waals surface area contributed by atoms with E-state index >= 15 is 0 Å². The lowest BCUT2D eigenvalue weighted by molar-refractivity contribution is -0.143. The van der Waals surface area contributed by atoms with E-state index in [9.17, 15) is 4.79 Å². The van der Waals surface area contributed by atoms with Crippen molar-refractivity contribution in [3.8, 4) is 0 Å². The molecule has 0 aliphatic carbocycles. The van der Waals surface area contributed by atoms with Gasteiger partial charge in [-0.1, -0.05) is 53.3 Å². The molecule has 0 fully saturated rings. The second-order valence-electron chi connectivity index (χ2n) is 4.91. The lowest BCUT2D eigenvalue weighted by Crippen LogP contribution is -2.46. The molecule has 0 heterocycles. The molecule has 0 bridgehead atoms. The summed E-state index contributed by atoms with van der Waals surface area (Å²) in [7, 11) is 0. The van der Waals surface area contributed by atoms with Gasteiger partial charge in [0.05, 0.1) is 15.1 Å². The first-order valence-electron chi connectivity index (χ1n) is 5.97. The molecule has 0 aliphatic rings. The predicted octanol–water partition coefficient (Wildman–Crippen LogP) is 4.99. The number of nitrogens with two attached hydrogens (primary N) is 1. The second kappa shape index (κ2) is 6.71. The highest BCUT2D eigenvalue weighted by molar-refractivity contribution is 6.49. The van der Waals surface area contributed by atoms with Gasteiger partial charge in [0, 0.05) is 5.02 Å². The van der Waals surface area contributed by atoms with E-state index in [2.05, 4.69) is 0 Å². The summed E-state index contributed by atoms with van der Waals surface area (Å²) in [6.07, 6.45) is 0.813. The molecule has 0 spiro atoms. The Hall–Kier alpha value is -0.190. The summed E-state index contributed by atoms with van der Waals surface area (Å²) in [6.45, 7) is 3.36. The van der Waals surface area contributed by atoms with Crippen molar-refractivity contribution in [3.05, 3.63) is 31.7 Å². The number of aliphatic carboxylic acids is 1. The SMILES string of the molecule is CCC(CC(C)(N)C(=O)O)c1c(Cl)cc(Cl)c(Cl)c1Cl. The summed E-state index contributed by atoms with van der Waals surface area (Å²) in [5.41, 5.74) is 5.01. The molecule has 3 nitrogen and oxygen atoms in total. The van der Waals surface area contributed by atoms with Gasteiger partial charge in [0.25, 0.3) is 0 Å². The number of carbonyl (C=O) groups is 1. The van der Waals surface area contributed by atoms with Crippen molar-refractivity contribution in [2.24, 2.45) is 5.73 Å². The molecule has 112 valence electrons. The van der Waals surface area contributed by atoms with E-state index in [4.69, 9.17) is 57.2 Å². The number of benzene rings is 1. The van der Waals surface area contributed by atoms with Crippen LogP contribution in [0.1, 0.15) is 38.2 Å². The molecule has 1 rings (SSSR count). The van der Waals surface area contributed by atoms with Crippen molar-refractivity contribution in [2.45, 2.75) is 38.1 Å². The molecule has 0 aliphatic heterocycles. The highest BCUT2D eigenvalue weighted by atomic mass is 35.5. The molecule has 7 heteroatoms. The Kier molecular flexibility index (Phi) is 6.00. The van der Waals surface area contributed by atoms with Crippen LogP contribution in [0.5, 0.6) is 0 Å². The van der Waals surface area contributed by atoms with E-state index in [-0.39, 0.29) is 27.4 Å². The van der Waals surface area contributed by atoms with Gasteiger partial charge in [0.2, 0.25) is 0 Å². The maximum Gasteiger partial charge on any atom is 0.323 e. The second-order valence-corrected chi connectivity index (χ2v) is 6.48. The minimum atomic E-state index is -1.38. The van der Waals surface area contributed by atoms with E-state index in [1.807, 2.05) is 6.92 Å². The number of hydrogen-bond acceptors (Lipinski definition) is 2. The average Bonchev–Trinajstić information content (AvgIpc) is 2.34. The lowest BCUT2D eigenvalue weighted by atomic mass is 9.83. The zero-order valence-electron chi connectivity index (χ0n) is 11.0. The van der Waals surface area contributed by atoms with Gasteiger partial charge in [0.15, 0.2) is 0 Å². The summed E-state index contributed by atoms with van der Waals surface area (Å²) < 4.78 is 0. The Morgan fingerprint density at radius 2 is 1.85 bits per heavy atom. The molecular formula is C13H15Cl4NO2. The first kappa shape index (κ1) is 17.9. The van der Waals surface area contributed by atoms with Gasteiger partial charge in [-0.05, 0) is 37.3 Å². The third-order valence-electron chi connectivity index (χ3n) is 3.21. The largest absolute Gasteiger partial charge is 0.480 e. The van der Waals surface area contributed by atoms with Crippen LogP contribution in [-0.4, -0.2) is 16.6 Å². The standard InChI is InChI=1S/C13H15Cl4NO2/c1-3-6(5-13(2,18)12(19)20)9-7(14)4-8(15)10(16)11(9)17/h4,6H,3,5,18H2,1-2H3,(H,19,20). The topological polar surface area (TPSA) is 63.3 Å². The maximum absolute atomic E-state index is 11.2. The average molecular weight is 359 g/mol. The van der Waals surface area contributed by atoms with Crippen molar-refractivity contribution in [1.29, 1.82) is 0 Å². The van der Waals surface area contributed by atoms with Crippen molar-refractivity contribution in [2.75, 3.05) is 0 Å². The van der Waals surface area contributed by atoms with Crippen LogP contribution < -0.4 is 5.73 Å². The Balaban J connectivity index is 3.27. The van der Waals surface area contributed by atoms with Crippen LogP contribution in [-0.2, 0) is 4.79 Å². The zero-order valence-corrected chi connectivity index (χ0v) is 14.0. The van der Waals surface area contributed by atoms with Crippen molar-refractivity contribution in [3.63, 3.8) is 0 Å². The van der Waals surface area contributed by atoms with E-state index in [0.717, 1.165) is 0 Å². The fourth-order valence-electron chi connectivity index (χ4n) is 2.00. The molecule has 0 aromatic heterocycles. The van der Waals surface area contributed by atoms with Crippen LogP contribution in [0.25, 0.3) is 0 Å². The first-order valence-corrected chi connectivity index (χ1v) is 7.48. The van der Waals surface area contributed by atoms with Crippen LogP contribution in [0, 0.1) is 0 Å². The Labute approximate surface area is 137 Å². The van der Waals surface area contributed by atoms with Crippen molar-refractivity contribution >= 4 is 52.4 Å². The summed E-state index contributed by atoms with van der Waals surface area (Å²) in [5.74, 6) is -1.31. The van der Waals surface area contributed by atoms with E-state index < -0.39 is 11.5 Å². The van der Waals surface area contributed by atoms with Crippen molar-refractivity contribution in [1.82, 2.24) is 0 Å². The molecule has 0 saturated heterocycles. The quantitative estimate of drug-likeness (QED) is 0.575. The zero-order chi connectivity index (χ0) is 15.7. The van der Waals surface area contributed by atoms with Crippen LogP contribution in [0.4, 0.5) is 0 Å². The molecule has 2 unspecified atom stereocenters. The summed E-state index contributed by atoms with van der Waals surface area (Å²) in [5, 5.41) is 10.2. The Morgan fingerprint density at radius 3 is 2.30 bits per heavy atom. The number of carboxylic acid groups (broad SMARTS) is 1. The smallest absolute Gasteiger partial charge is 0.323 e. The Morgan fingerprint density at radius 1 is 1.30 bits per heavy atom. The monoisotopic (exact) mass is 357 g/mol. The van der Waals surface area contributed by atoms with Crippen LogP contribution >= 0.6 is 46.4 Å². The van der Waals surface area contributed by atoms with Gasteiger partial charge in [-0.2, -0.15) is 0 Å². The number of rotatable bonds is 5. The van der Waals surface area contributed by atoms with Gasteiger partial charge < -0.3 is 10.8 Å². The van der Waals surface area contributed by atoms with Crippen molar-refractivity contribution < 1.29 is 9.90 Å². The molecule has 0 saturated carbocycles. The highest BCUT2D eigenvalue weighted by Gasteiger charge is 2.33. The van der Waals surface area contributed by atoms with Crippen LogP contribution in [0.15, 0.2) is 6.07 Å². The normalized spacial score (nSPS) is 15.8. The van der Waals surface area contributed by atoms with E-state index in [0.29, 0.717) is 17.0 Å². The molecule has 0 radical (unpaired) electrons. The minimum absolute atomic E-state index is 0.191. The summed E-state index contributed by atoms with van der Waals surface area (Å²) >= 11 is 24.3. The third-order valence-corrected chi connectivity index (χ3v) is 4.80.